The molecule has 1 aliphatic carbocycles. The fourth-order valence-electron chi connectivity index (χ4n) is 2.63. The Labute approximate surface area is 150 Å². The van der Waals surface area contributed by atoms with Crippen LogP contribution in [0.5, 0.6) is 17.2 Å². The normalized spacial score (nSPS) is 17.5. The Morgan fingerprint density at radius 1 is 0.885 bits per heavy atom. The van der Waals surface area contributed by atoms with E-state index in [9.17, 15) is 24.6 Å². The minimum Gasteiger partial charge on any atom is -0.465 e. The van der Waals surface area contributed by atoms with Gasteiger partial charge in [-0.2, -0.15) is 16.8 Å². The zero-order valence-corrected chi connectivity index (χ0v) is 15.4. The van der Waals surface area contributed by atoms with E-state index in [0.717, 1.165) is 44.2 Å². The number of rotatable bonds is 8. The molecule has 148 valence electrons. The lowest BCUT2D eigenvalue weighted by Crippen LogP contribution is -2.26. The first kappa shape index (κ1) is 20.6. The average Bonchev–Trinajstić information content (AvgIpc) is 2.43. The molecule has 12 heteroatoms. The van der Waals surface area contributed by atoms with Crippen molar-refractivity contribution in [2.24, 2.45) is 0 Å². The van der Waals surface area contributed by atoms with Crippen molar-refractivity contribution >= 4 is 21.0 Å². The molecular formula is C14H18F2O8S2. The van der Waals surface area contributed by atoms with E-state index in [-0.39, 0.29) is 11.9 Å². The standard InChI is InChI=1S/C14H18F2O8S2/c1-10(21-11-5-3-2-4-6-11)22-12-7-13(23-25(15,17)18)9-14(8-12)24-26(16,19)20/h7-11H,2-6H2,1H3. The first-order valence-electron chi connectivity index (χ1n) is 7.75. The molecule has 1 aliphatic rings. The number of ether oxygens (including phenoxy) is 2. The fourth-order valence-corrected chi connectivity index (χ4v) is 3.28. The molecule has 0 aromatic heterocycles. The lowest BCUT2D eigenvalue weighted by Gasteiger charge is -2.26. The summed E-state index contributed by atoms with van der Waals surface area (Å²) in [5.41, 5.74) is 0. The molecule has 1 aromatic carbocycles. The molecule has 1 saturated carbocycles. The minimum atomic E-state index is -5.39. The zero-order chi connectivity index (χ0) is 19.4. The quantitative estimate of drug-likeness (QED) is 0.470. The van der Waals surface area contributed by atoms with Crippen LogP contribution in [-0.2, 0) is 25.7 Å². The van der Waals surface area contributed by atoms with Gasteiger partial charge < -0.3 is 17.8 Å². The van der Waals surface area contributed by atoms with Gasteiger partial charge in [0.2, 0.25) is 0 Å². The smallest absolute Gasteiger partial charge is 0.465 e. The van der Waals surface area contributed by atoms with Crippen LogP contribution in [0.25, 0.3) is 0 Å². The lowest BCUT2D eigenvalue weighted by atomic mass is 9.98. The molecule has 2 rings (SSSR count). The van der Waals surface area contributed by atoms with Crippen LogP contribution >= 0.6 is 0 Å². The SMILES string of the molecule is CC(Oc1cc(OS(=O)(=O)F)cc(OS(=O)(=O)F)c1)OC1CCCCC1. The Hall–Kier alpha value is -1.66. The Morgan fingerprint density at radius 2 is 1.35 bits per heavy atom. The van der Waals surface area contributed by atoms with E-state index in [0.29, 0.717) is 6.07 Å². The number of hydrogen-bond donors (Lipinski definition) is 0. The molecule has 26 heavy (non-hydrogen) atoms. The summed E-state index contributed by atoms with van der Waals surface area (Å²) in [4.78, 5) is 0. The summed E-state index contributed by atoms with van der Waals surface area (Å²) >= 11 is 0. The highest BCUT2D eigenvalue weighted by molar-refractivity contribution is 7.82. The van der Waals surface area contributed by atoms with Crippen LogP contribution in [0.3, 0.4) is 0 Å². The molecule has 0 amide bonds. The second-order valence-corrected chi connectivity index (χ2v) is 7.58. The summed E-state index contributed by atoms with van der Waals surface area (Å²) < 4.78 is 87.0. The molecule has 0 bridgehead atoms. The topological polar surface area (TPSA) is 105 Å². The van der Waals surface area contributed by atoms with Crippen LogP contribution in [0.1, 0.15) is 39.0 Å². The van der Waals surface area contributed by atoms with Crippen molar-refractivity contribution in [1.82, 2.24) is 0 Å². The maximum absolute atomic E-state index is 12.7. The van der Waals surface area contributed by atoms with Gasteiger partial charge in [-0.3, -0.25) is 0 Å². The van der Waals surface area contributed by atoms with Gasteiger partial charge in [0.15, 0.2) is 17.8 Å². The number of hydrogen-bond acceptors (Lipinski definition) is 8. The van der Waals surface area contributed by atoms with Crippen molar-refractivity contribution < 1.29 is 42.4 Å². The van der Waals surface area contributed by atoms with E-state index in [1.54, 1.807) is 6.92 Å². The van der Waals surface area contributed by atoms with Crippen molar-refractivity contribution in [2.45, 2.75) is 51.4 Å². The van der Waals surface area contributed by atoms with Crippen molar-refractivity contribution in [1.29, 1.82) is 0 Å². The molecule has 1 atom stereocenters. The van der Waals surface area contributed by atoms with E-state index < -0.39 is 38.8 Å². The van der Waals surface area contributed by atoms with Crippen LogP contribution in [-0.4, -0.2) is 29.2 Å². The van der Waals surface area contributed by atoms with Gasteiger partial charge >= 0.3 is 21.0 Å². The Kier molecular flexibility index (Phi) is 6.64. The van der Waals surface area contributed by atoms with Crippen molar-refractivity contribution in [2.75, 3.05) is 0 Å². The summed E-state index contributed by atoms with van der Waals surface area (Å²) in [6, 6.07) is 2.61. The van der Waals surface area contributed by atoms with Crippen LogP contribution < -0.4 is 13.1 Å². The third-order valence-corrected chi connectivity index (χ3v) is 4.27. The van der Waals surface area contributed by atoms with Crippen molar-refractivity contribution in [3.05, 3.63) is 18.2 Å². The summed E-state index contributed by atoms with van der Waals surface area (Å²) in [7, 11) is -10.8. The summed E-state index contributed by atoms with van der Waals surface area (Å²) in [6.45, 7) is 1.57. The van der Waals surface area contributed by atoms with Crippen LogP contribution in [0, 0.1) is 0 Å². The van der Waals surface area contributed by atoms with Crippen LogP contribution in [0.2, 0.25) is 0 Å². The predicted molar refractivity (Wildman–Crippen MR) is 85.8 cm³/mol. The maximum Gasteiger partial charge on any atom is 0.488 e. The molecule has 8 nitrogen and oxygen atoms in total. The average molecular weight is 416 g/mol. The minimum absolute atomic E-state index is 0.00802. The van der Waals surface area contributed by atoms with Crippen molar-refractivity contribution in [3.8, 4) is 17.2 Å². The molecule has 0 heterocycles. The summed E-state index contributed by atoms with van der Waals surface area (Å²) in [5.74, 6) is -1.48. The van der Waals surface area contributed by atoms with E-state index in [4.69, 9.17) is 9.47 Å². The molecule has 0 saturated heterocycles. The van der Waals surface area contributed by atoms with Gasteiger partial charge in [0, 0.05) is 18.2 Å². The molecular weight excluding hydrogens is 398 g/mol. The highest BCUT2D eigenvalue weighted by Gasteiger charge is 2.20. The van der Waals surface area contributed by atoms with Gasteiger partial charge in [0.1, 0.15) is 5.75 Å². The second kappa shape index (κ2) is 8.35. The third-order valence-electron chi connectivity index (χ3n) is 3.48. The van der Waals surface area contributed by atoms with E-state index in [1.165, 1.54) is 0 Å². The van der Waals surface area contributed by atoms with Crippen LogP contribution in [0.4, 0.5) is 7.77 Å². The van der Waals surface area contributed by atoms with Crippen molar-refractivity contribution in [3.63, 3.8) is 0 Å². The molecule has 1 fully saturated rings. The van der Waals surface area contributed by atoms with Gasteiger partial charge in [0.25, 0.3) is 0 Å². The van der Waals surface area contributed by atoms with Gasteiger partial charge in [0.05, 0.1) is 6.10 Å². The Balaban J connectivity index is 2.16. The molecule has 1 unspecified atom stereocenters. The molecule has 1 aromatic rings. The van der Waals surface area contributed by atoms with E-state index in [2.05, 4.69) is 8.37 Å². The highest BCUT2D eigenvalue weighted by atomic mass is 32.3. The van der Waals surface area contributed by atoms with E-state index >= 15 is 0 Å². The lowest BCUT2D eigenvalue weighted by molar-refractivity contribution is -0.116. The highest BCUT2D eigenvalue weighted by Crippen LogP contribution is 2.31. The predicted octanol–water partition coefficient (Wildman–Crippen LogP) is 2.95. The van der Waals surface area contributed by atoms with Gasteiger partial charge in [-0.1, -0.05) is 27.0 Å². The maximum atomic E-state index is 12.7. The van der Waals surface area contributed by atoms with Gasteiger partial charge in [-0.05, 0) is 19.8 Å². The van der Waals surface area contributed by atoms with Gasteiger partial charge in [-0.15, -0.1) is 0 Å². The molecule has 0 spiro atoms. The van der Waals surface area contributed by atoms with E-state index in [1.807, 2.05) is 0 Å². The molecule has 0 N–H and O–H groups in total. The number of benzene rings is 1. The monoisotopic (exact) mass is 416 g/mol. The van der Waals surface area contributed by atoms with Crippen LogP contribution in [0.15, 0.2) is 18.2 Å². The third kappa shape index (κ3) is 7.70. The first-order chi connectivity index (χ1) is 12.0. The largest absolute Gasteiger partial charge is 0.488 e. The van der Waals surface area contributed by atoms with Gasteiger partial charge in [-0.25, -0.2) is 0 Å². The second-order valence-electron chi connectivity index (χ2n) is 5.67. The molecule has 0 aliphatic heterocycles. The first-order valence-corrected chi connectivity index (χ1v) is 10.4. The Bertz CT molecular complexity index is 767. The molecule has 0 radical (unpaired) electrons. The fraction of sp³-hybridized carbons (Fsp3) is 0.571. The zero-order valence-electron chi connectivity index (χ0n) is 13.8. The summed E-state index contributed by atoms with van der Waals surface area (Å²) in [5, 5.41) is 0. The number of halogens is 2. The summed E-state index contributed by atoms with van der Waals surface area (Å²) in [6.07, 6.45) is 4.13. The Morgan fingerprint density at radius 3 is 1.81 bits per heavy atom.